The number of hydrogen-bond donors (Lipinski definition) is 0. The van der Waals surface area contributed by atoms with Crippen molar-refractivity contribution in [2.45, 2.75) is 52.5 Å². The van der Waals surface area contributed by atoms with Crippen molar-refractivity contribution in [2.24, 2.45) is 23.7 Å². The van der Waals surface area contributed by atoms with E-state index in [1.807, 2.05) is 0 Å². The summed E-state index contributed by atoms with van der Waals surface area (Å²) in [7, 11) is 0. The molecule has 0 spiro atoms. The van der Waals surface area contributed by atoms with E-state index in [1.54, 1.807) is 0 Å². The van der Waals surface area contributed by atoms with E-state index in [0.29, 0.717) is 17.9 Å². The van der Waals surface area contributed by atoms with Crippen LogP contribution in [0.4, 0.5) is 0 Å². The van der Waals surface area contributed by atoms with E-state index in [9.17, 15) is 4.79 Å². The van der Waals surface area contributed by atoms with Gasteiger partial charge in [-0.05, 0) is 62.4 Å². The molecule has 0 aromatic carbocycles. The Balaban J connectivity index is 2.18. The van der Waals surface area contributed by atoms with E-state index in [-0.39, 0.29) is 5.91 Å². The molecule has 2 nitrogen and oxygen atoms in total. The normalized spacial score (nSPS) is 39.2. The lowest BCUT2D eigenvalue weighted by Gasteiger charge is -2.50. The number of carbonyl (C=O) groups excluding carboxylic acids is 1. The average molecular weight is 249 g/mol. The van der Waals surface area contributed by atoms with Crippen LogP contribution in [0.15, 0.2) is 12.7 Å². The second-order valence-electron chi connectivity index (χ2n) is 6.47. The molecule has 0 aromatic rings. The quantitative estimate of drug-likeness (QED) is 0.701. The lowest BCUT2D eigenvalue weighted by molar-refractivity contribution is -0.133. The molecule has 0 N–H and O–H groups in total. The van der Waals surface area contributed by atoms with Gasteiger partial charge in [-0.15, -0.1) is 0 Å². The largest absolute Gasteiger partial charge is 0.336 e. The fourth-order valence-electron chi connectivity index (χ4n) is 4.60. The standard InChI is InChI=1S/C16H27NO/c1-5-15(18)17(6-2)16-12(4)9-13-7-11(3)8-14(16)10-13/h5,11-14,16H,1,6-10H2,2-4H3. The van der Waals surface area contributed by atoms with Crippen molar-refractivity contribution in [3.05, 3.63) is 12.7 Å². The summed E-state index contributed by atoms with van der Waals surface area (Å²) in [5, 5.41) is 0. The first-order valence-electron chi connectivity index (χ1n) is 7.49. The number of carbonyl (C=O) groups is 1. The molecule has 102 valence electrons. The number of fused-ring (bicyclic) bond motifs is 2. The molecular weight excluding hydrogens is 222 g/mol. The van der Waals surface area contributed by atoms with Crippen LogP contribution >= 0.6 is 0 Å². The summed E-state index contributed by atoms with van der Waals surface area (Å²) in [6.07, 6.45) is 6.81. The summed E-state index contributed by atoms with van der Waals surface area (Å²) in [6, 6.07) is 0.444. The second kappa shape index (κ2) is 5.46. The Bertz CT molecular complexity index is 321. The van der Waals surface area contributed by atoms with Crippen molar-refractivity contribution in [3.8, 4) is 0 Å². The van der Waals surface area contributed by atoms with E-state index in [2.05, 4.69) is 32.3 Å². The summed E-state index contributed by atoms with van der Waals surface area (Å²) in [5.41, 5.74) is 0. The maximum atomic E-state index is 12.0. The molecule has 2 fully saturated rings. The van der Waals surface area contributed by atoms with Crippen LogP contribution in [0.3, 0.4) is 0 Å². The maximum Gasteiger partial charge on any atom is 0.246 e. The minimum atomic E-state index is 0.117. The molecule has 5 unspecified atom stereocenters. The predicted molar refractivity (Wildman–Crippen MR) is 75.1 cm³/mol. The zero-order chi connectivity index (χ0) is 13.3. The van der Waals surface area contributed by atoms with Gasteiger partial charge in [-0.25, -0.2) is 0 Å². The second-order valence-corrected chi connectivity index (χ2v) is 6.47. The van der Waals surface area contributed by atoms with Crippen molar-refractivity contribution < 1.29 is 4.79 Å². The first-order valence-corrected chi connectivity index (χ1v) is 7.49. The molecule has 2 saturated carbocycles. The Morgan fingerprint density at radius 3 is 2.61 bits per heavy atom. The molecule has 2 aliphatic carbocycles. The number of rotatable bonds is 3. The van der Waals surface area contributed by atoms with Crippen LogP contribution in [0, 0.1) is 23.7 Å². The number of hydrogen-bond acceptors (Lipinski definition) is 1. The molecule has 2 heteroatoms. The van der Waals surface area contributed by atoms with Gasteiger partial charge < -0.3 is 4.90 Å². The van der Waals surface area contributed by atoms with Gasteiger partial charge in [0.25, 0.3) is 0 Å². The Morgan fingerprint density at radius 2 is 2.00 bits per heavy atom. The van der Waals surface area contributed by atoms with E-state index < -0.39 is 0 Å². The van der Waals surface area contributed by atoms with Crippen LogP contribution < -0.4 is 0 Å². The van der Waals surface area contributed by atoms with Gasteiger partial charge in [0, 0.05) is 12.6 Å². The molecule has 0 aliphatic heterocycles. The predicted octanol–water partition coefficient (Wildman–Crippen LogP) is 3.48. The van der Waals surface area contributed by atoms with Crippen LogP contribution in [-0.2, 0) is 4.79 Å². The highest BCUT2D eigenvalue weighted by atomic mass is 16.2. The zero-order valence-electron chi connectivity index (χ0n) is 12.1. The summed E-state index contributed by atoms with van der Waals surface area (Å²) < 4.78 is 0. The Hall–Kier alpha value is -0.790. The Kier molecular flexibility index (Phi) is 4.14. The summed E-state index contributed by atoms with van der Waals surface area (Å²) in [5.74, 6) is 3.21. The molecule has 2 aliphatic rings. The van der Waals surface area contributed by atoms with Crippen LogP contribution in [-0.4, -0.2) is 23.4 Å². The summed E-state index contributed by atoms with van der Waals surface area (Å²) in [4.78, 5) is 14.1. The molecule has 0 saturated heterocycles. The Labute approximate surface area is 111 Å². The topological polar surface area (TPSA) is 20.3 Å². The van der Waals surface area contributed by atoms with Crippen molar-refractivity contribution in [1.82, 2.24) is 4.90 Å². The highest BCUT2D eigenvalue weighted by Gasteiger charge is 2.42. The van der Waals surface area contributed by atoms with Gasteiger partial charge in [0.2, 0.25) is 5.91 Å². The third-order valence-corrected chi connectivity index (χ3v) is 5.01. The van der Waals surface area contributed by atoms with Gasteiger partial charge in [-0.3, -0.25) is 4.79 Å². The third kappa shape index (κ3) is 2.48. The fraction of sp³-hybridized carbons (Fsp3) is 0.812. The van der Waals surface area contributed by atoms with Gasteiger partial charge in [-0.2, -0.15) is 0 Å². The molecule has 1 amide bonds. The fourth-order valence-corrected chi connectivity index (χ4v) is 4.60. The van der Waals surface area contributed by atoms with Gasteiger partial charge in [-0.1, -0.05) is 20.4 Å². The van der Waals surface area contributed by atoms with Gasteiger partial charge in [0.15, 0.2) is 0 Å². The molecule has 18 heavy (non-hydrogen) atoms. The van der Waals surface area contributed by atoms with Crippen molar-refractivity contribution in [3.63, 3.8) is 0 Å². The van der Waals surface area contributed by atoms with Crippen LogP contribution in [0.1, 0.15) is 46.5 Å². The smallest absolute Gasteiger partial charge is 0.246 e. The molecule has 0 radical (unpaired) electrons. The molecule has 0 aromatic heterocycles. The van der Waals surface area contributed by atoms with E-state index in [1.165, 1.54) is 31.8 Å². The van der Waals surface area contributed by atoms with Crippen LogP contribution in [0.5, 0.6) is 0 Å². The van der Waals surface area contributed by atoms with E-state index in [4.69, 9.17) is 0 Å². The van der Waals surface area contributed by atoms with Crippen molar-refractivity contribution in [1.29, 1.82) is 0 Å². The van der Waals surface area contributed by atoms with Gasteiger partial charge in [0.05, 0.1) is 0 Å². The highest BCUT2D eigenvalue weighted by Crippen LogP contribution is 2.46. The highest BCUT2D eigenvalue weighted by molar-refractivity contribution is 5.87. The number of likely N-dealkylation sites (N-methyl/N-ethyl adjacent to an activating group) is 1. The van der Waals surface area contributed by atoms with E-state index in [0.717, 1.165) is 18.4 Å². The minimum Gasteiger partial charge on any atom is -0.336 e. The SMILES string of the molecule is C=CC(=O)N(CC)C1C(C)CC2CC(C)CC1C2. The lowest BCUT2D eigenvalue weighted by Crippen LogP contribution is -2.52. The van der Waals surface area contributed by atoms with E-state index >= 15 is 0 Å². The molecule has 2 bridgehead atoms. The lowest BCUT2D eigenvalue weighted by atomic mass is 9.62. The van der Waals surface area contributed by atoms with Crippen LogP contribution in [0.2, 0.25) is 0 Å². The summed E-state index contributed by atoms with van der Waals surface area (Å²) in [6.45, 7) is 11.3. The minimum absolute atomic E-state index is 0.117. The molecule has 2 rings (SSSR count). The molecular formula is C16H27NO. The maximum absolute atomic E-state index is 12.0. The average Bonchev–Trinajstić information content (AvgIpc) is 2.32. The molecule has 0 heterocycles. The van der Waals surface area contributed by atoms with Crippen molar-refractivity contribution >= 4 is 5.91 Å². The first-order chi connectivity index (χ1) is 8.56. The Morgan fingerprint density at radius 1 is 1.28 bits per heavy atom. The third-order valence-electron chi connectivity index (χ3n) is 5.01. The first kappa shape index (κ1) is 13.6. The van der Waals surface area contributed by atoms with Crippen molar-refractivity contribution in [2.75, 3.05) is 6.54 Å². The summed E-state index contributed by atoms with van der Waals surface area (Å²) >= 11 is 0. The van der Waals surface area contributed by atoms with Gasteiger partial charge >= 0.3 is 0 Å². The number of amides is 1. The monoisotopic (exact) mass is 249 g/mol. The van der Waals surface area contributed by atoms with Crippen LogP contribution in [0.25, 0.3) is 0 Å². The van der Waals surface area contributed by atoms with Gasteiger partial charge in [0.1, 0.15) is 0 Å². The molecule has 5 atom stereocenters. The zero-order valence-corrected chi connectivity index (χ0v) is 12.1. The number of nitrogens with zero attached hydrogens (tertiary/aromatic N) is 1.